The Morgan fingerprint density at radius 2 is 1.91 bits per heavy atom. The van der Waals surface area contributed by atoms with Gasteiger partial charge in [-0.15, -0.1) is 0 Å². The number of nitriles is 1. The zero-order chi connectivity index (χ0) is 24.2. The predicted octanol–water partition coefficient (Wildman–Crippen LogP) is 3.74. The van der Waals surface area contributed by atoms with E-state index in [0.717, 1.165) is 35.3 Å². The standard InChI is InChI=1S/C25H30N8O/c1-15-12-27-25(31-21-13-28-33(14-21)22-9-16(2)29-17(3)10-22)32-23(15)19-5-7-20(8-6-19)24(34)30-18(4)11-26/h5-8,12-14,16-18,22,29H,9-10H2,1-4H3,(H,30,34)(H,27,31,32)/t16-,17+,18-,22?/m0/s1. The first-order valence-electron chi connectivity index (χ1n) is 11.5. The first-order chi connectivity index (χ1) is 16.3. The Bertz CT molecular complexity index is 1190. The highest BCUT2D eigenvalue weighted by Crippen LogP contribution is 2.27. The number of benzene rings is 1. The van der Waals surface area contributed by atoms with Crippen LogP contribution in [0.25, 0.3) is 11.3 Å². The smallest absolute Gasteiger partial charge is 0.252 e. The Labute approximate surface area is 199 Å². The van der Waals surface area contributed by atoms with E-state index >= 15 is 0 Å². The van der Waals surface area contributed by atoms with Gasteiger partial charge in [0, 0.05) is 35.6 Å². The summed E-state index contributed by atoms with van der Waals surface area (Å²) in [4.78, 5) is 21.4. The van der Waals surface area contributed by atoms with Gasteiger partial charge in [0.15, 0.2) is 0 Å². The van der Waals surface area contributed by atoms with Crippen molar-refractivity contribution in [1.82, 2.24) is 30.4 Å². The molecule has 9 heteroatoms. The van der Waals surface area contributed by atoms with E-state index in [1.807, 2.05) is 36.0 Å². The van der Waals surface area contributed by atoms with Crippen LogP contribution in [-0.4, -0.2) is 43.8 Å². The molecule has 1 aliphatic rings. The maximum absolute atomic E-state index is 12.2. The number of amides is 1. The molecule has 1 saturated heterocycles. The Morgan fingerprint density at radius 3 is 2.59 bits per heavy atom. The van der Waals surface area contributed by atoms with Gasteiger partial charge in [0.2, 0.25) is 5.95 Å². The van der Waals surface area contributed by atoms with E-state index in [1.165, 1.54) is 0 Å². The topological polar surface area (TPSA) is 121 Å². The van der Waals surface area contributed by atoms with Crippen LogP contribution in [0.1, 0.15) is 55.6 Å². The van der Waals surface area contributed by atoms with Crippen LogP contribution >= 0.6 is 0 Å². The van der Waals surface area contributed by atoms with Gasteiger partial charge >= 0.3 is 0 Å². The van der Waals surface area contributed by atoms with E-state index in [9.17, 15) is 4.79 Å². The molecule has 0 saturated carbocycles. The minimum atomic E-state index is -0.546. The molecule has 3 aromatic rings. The van der Waals surface area contributed by atoms with Crippen molar-refractivity contribution < 1.29 is 4.79 Å². The summed E-state index contributed by atoms with van der Waals surface area (Å²) in [7, 11) is 0. The normalized spacial score (nSPS) is 20.9. The Balaban J connectivity index is 1.48. The molecule has 3 heterocycles. The van der Waals surface area contributed by atoms with Crippen molar-refractivity contribution in [3.63, 3.8) is 0 Å². The Hall–Kier alpha value is -3.77. The van der Waals surface area contributed by atoms with Crippen molar-refractivity contribution in [2.45, 2.75) is 64.7 Å². The average Bonchev–Trinajstić information content (AvgIpc) is 3.28. The van der Waals surface area contributed by atoms with Crippen molar-refractivity contribution >= 4 is 17.5 Å². The molecule has 0 spiro atoms. The van der Waals surface area contributed by atoms with Crippen LogP contribution in [0.5, 0.6) is 0 Å². The first-order valence-corrected chi connectivity index (χ1v) is 11.5. The summed E-state index contributed by atoms with van der Waals surface area (Å²) in [6, 6.07) is 9.90. The summed E-state index contributed by atoms with van der Waals surface area (Å²) in [6.45, 7) is 8.01. The average molecular weight is 459 g/mol. The molecule has 34 heavy (non-hydrogen) atoms. The molecule has 176 valence electrons. The van der Waals surface area contributed by atoms with Gasteiger partial charge in [-0.3, -0.25) is 9.48 Å². The maximum Gasteiger partial charge on any atom is 0.252 e. The van der Waals surface area contributed by atoms with E-state index in [2.05, 4.69) is 39.9 Å². The SMILES string of the molecule is Cc1cnc(Nc2cnn(C3C[C@@H](C)N[C@@H](C)C3)c2)nc1-c1ccc(C(=O)N[C@@H](C)C#N)cc1. The van der Waals surface area contributed by atoms with Crippen LogP contribution in [0.15, 0.2) is 42.9 Å². The van der Waals surface area contributed by atoms with Crippen molar-refractivity contribution in [3.8, 4) is 17.3 Å². The lowest BCUT2D eigenvalue weighted by Crippen LogP contribution is -2.43. The highest BCUT2D eigenvalue weighted by atomic mass is 16.1. The van der Waals surface area contributed by atoms with Gasteiger partial charge in [-0.25, -0.2) is 9.97 Å². The number of hydrogen-bond acceptors (Lipinski definition) is 7. The summed E-state index contributed by atoms with van der Waals surface area (Å²) in [5.74, 6) is 0.203. The zero-order valence-corrected chi connectivity index (χ0v) is 19.9. The monoisotopic (exact) mass is 458 g/mol. The number of piperidine rings is 1. The molecule has 4 atom stereocenters. The number of aryl methyl sites for hydroxylation is 1. The van der Waals surface area contributed by atoms with Crippen LogP contribution in [0.4, 0.5) is 11.6 Å². The highest BCUT2D eigenvalue weighted by molar-refractivity contribution is 5.95. The van der Waals surface area contributed by atoms with Crippen LogP contribution in [0, 0.1) is 18.3 Å². The molecule has 0 aliphatic carbocycles. The molecule has 1 amide bonds. The molecule has 2 aromatic heterocycles. The van der Waals surface area contributed by atoms with Gasteiger partial charge in [0.05, 0.1) is 29.7 Å². The van der Waals surface area contributed by atoms with E-state index in [-0.39, 0.29) is 5.91 Å². The second-order valence-corrected chi connectivity index (χ2v) is 9.05. The van der Waals surface area contributed by atoms with Gasteiger partial charge in [-0.1, -0.05) is 12.1 Å². The van der Waals surface area contributed by atoms with E-state index < -0.39 is 6.04 Å². The molecule has 0 radical (unpaired) electrons. The summed E-state index contributed by atoms with van der Waals surface area (Å²) in [5, 5.41) is 22.9. The van der Waals surface area contributed by atoms with Crippen LogP contribution in [0.2, 0.25) is 0 Å². The number of hydrogen-bond donors (Lipinski definition) is 3. The molecule has 9 nitrogen and oxygen atoms in total. The molecule has 1 aliphatic heterocycles. The third kappa shape index (κ3) is 5.41. The fraction of sp³-hybridized carbons (Fsp3) is 0.400. The molecule has 3 N–H and O–H groups in total. The fourth-order valence-electron chi connectivity index (χ4n) is 4.37. The van der Waals surface area contributed by atoms with Gasteiger partial charge in [0.25, 0.3) is 5.91 Å². The molecular weight excluding hydrogens is 428 g/mol. The lowest BCUT2D eigenvalue weighted by Gasteiger charge is -2.32. The summed E-state index contributed by atoms with van der Waals surface area (Å²) >= 11 is 0. The van der Waals surface area contributed by atoms with Gasteiger partial charge in [-0.05, 0) is 58.2 Å². The minimum Gasteiger partial charge on any atom is -0.337 e. The number of carbonyl (C=O) groups is 1. The minimum absolute atomic E-state index is 0.281. The van der Waals surface area contributed by atoms with Gasteiger partial charge in [0.1, 0.15) is 6.04 Å². The highest BCUT2D eigenvalue weighted by Gasteiger charge is 2.25. The Kier molecular flexibility index (Phi) is 6.89. The van der Waals surface area contributed by atoms with Crippen LogP contribution in [-0.2, 0) is 0 Å². The molecule has 1 fully saturated rings. The fourth-order valence-corrected chi connectivity index (χ4v) is 4.37. The zero-order valence-electron chi connectivity index (χ0n) is 19.9. The predicted molar refractivity (Wildman–Crippen MR) is 131 cm³/mol. The lowest BCUT2D eigenvalue weighted by atomic mass is 9.95. The number of anilines is 2. The van der Waals surface area contributed by atoms with Crippen LogP contribution in [0.3, 0.4) is 0 Å². The second-order valence-electron chi connectivity index (χ2n) is 9.05. The number of nitrogens with one attached hydrogen (secondary N) is 3. The maximum atomic E-state index is 12.2. The van der Waals surface area contributed by atoms with Crippen LogP contribution < -0.4 is 16.0 Å². The van der Waals surface area contributed by atoms with Crippen molar-refractivity contribution in [3.05, 3.63) is 54.0 Å². The number of carbonyl (C=O) groups excluding carboxylic acids is 1. The van der Waals surface area contributed by atoms with Crippen molar-refractivity contribution in [2.75, 3.05) is 5.32 Å². The summed E-state index contributed by atoms with van der Waals surface area (Å²) < 4.78 is 2.03. The third-order valence-electron chi connectivity index (χ3n) is 5.99. The number of nitrogens with zero attached hydrogens (tertiary/aromatic N) is 5. The van der Waals surface area contributed by atoms with Crippen molar-refractivity contribution in [1.29, 1.82) is 5.26 Å². The summed E-state index contributed by atoms with van der Waals surface area (Å²) in [6.07, 6.45) is 7.67. The molecule has 1 unspecified atom stereocenters. The third-order valence-corrected chi connectivity index (χ3v) is 5.99. The van der Waals surface area contributed by atoms with Gasteiger partial charge in [-0.2, -0.15) is 10.4 Å². The molecular formula is C25H30N8O. The van der Waals surface area contributed by atoms with E-state index in [4.69, 9.17) is 10.2 Å². The Morgan fingerprint density at radius 1 is 1.21 bits per heavy atom. The second kappa shape index (κ2) is 10.0. The largest absolute Gasteiger partial charge is 0.337 e. The summed E-state index contributed by atoms with van der Waals surface area (Å²) in [5.41, 5.74) is 3.91. The van der Waals surface area contributed by atoms with E-state index in [1.54, 1.807) is 31.5 Å². The molecule has 0 bridgehead atoms. The van der Waals surface area contributed by atoms with Crippen molar-refractivity contribution in [2.24, 2.45) is 0 Å². The molecule has 1 aromatic carbocycles. The molecule has 4 rings (SSSR count). The number of aromatic nitrogens is 4. The quantitative estimate of drug-likeness (QED) is 0.515. The number of rotatable bonds is 6. The first kappa shape index (κ1) is 23.4. The lowest BCUT2D eigenvalue weighted by molar-refractivity contribution is 0.0948. The van der Waals surface area contributed by atoms with E-state index in [0.29, 0.717) is 29.6 Å². The van der Waals surface area contributed by atoms with Gasteiger partial charge < -0.3 is 16.0 Å².